The van der Waals surface area contributed by atoms with Crippen molar-refractivity contribution in [1.82, 2.24) is 10.3 Å². The first-order chi connectivity index (χ1) is 13.3. The number of nitrogens with one attached hydrogen (secondary N) is 1. The fourth-order valence-electron chi connectivity index (χ4n) is 3.36. The van der Waals surface area contributed by atoms with Crippen molar-refractivity contribution in [1.29, 1.82) is 0 Å². The predicted molar refractivity (Wildman–Crippen MR) is 107 cm³/mol. The molecule has 27 heavy (non-hydrogen) atoms. The maximum atomic E-state index is 5.92. The molecular weight excluding hydrogens is 336 g/mol. The number of ether oxygens (including phenoxy) is 2. The van der Waals surface area contributed by atoms with E-state index in [1.54, 1.807) is 6.20 Å². The van der Waals surface area contributed by atoms with Gasteiger partial charge in [0.15, 0.2) is 0 Å². The average molecular weight is 360 g/mol. The number of rotatable bonds is 5. The van der Waals surface area contributed by atoms with Crippen LogP contribution in [0.25, 0.3) is 11.1 Å². The average Bonchev–Trinajstić information content (AvgIpc) is 2.74. The Hall–Kier alpha value is -2.69. The van der Waals surface area contributed by atoms with Crippen molar-refractivity contribution in [3.8, 4) is 16.9 Å². The highest BCUT2D eigenvalue weighted by Gasteiger charge is 2.23. The zero-order valence-corrected chi connectivity index (χ0v) is 15.5. The summed E-state index contributed by atoms with van der Waals surface area (Å²) in [6, 6.07) is 23.0. The number of morpholine rings is 1. The van der Waals surface area contributed by atoms with E-state index in [1.807, 2.05) is 30.3 Å². The second-order valence-corrected chi connectivity index (χ2v) is 6.79. The predicted octanol–water partition coefficient (Wildman–Crippen LogP) is 4.38. The summed E-state index contributed by atoms with van der Waals surface area (Å²) < 4.78 is 11.7. The number of aromatic nitrogens is 1. The van der Waals surface area contributed by atoms with Gasteiger partial charge in [-0.25, -0.2) is 0 Å². The van der Waals surface area contributed by atoms with Crippen LogP contribution in [-0.2, 0) is 11.3 Å². The van der Waals surface area contributed by atoms with Crippen LogP contribution in [0.2, 0.25) is 0 Å². The molecule has 1 fully saturated rings. The van der Waals surface area contributed by atoms with E-state index in [9.17, 15) is 0 Å². The van der Waals surface area contributed by atoms with Gasteiger partial charge in [0.1, 0.15) is 12.4 Å². The van der Waals surface area contributed by atoms with E-state index in [0.717, 1.165) is 24.6 Å². The maximum Gasteiger partial charge on any atom is 0.130 e. The molecule has 3 aromatic rings. The Labute approximate surface area is 160 Å². The Kier molecular flexibility index (Phi) is 5.47. The van der Waals surface area contributed by atoms with Gasteiger partial charge in [-0.2, -0.15) is 0 Å². The monoisotopic (exact) mass is 360 g/mol. The van der Waals surface area contributed by atoms with Crippen molar-refractivity contribution in [2.24, 2.45) is 0 Å². The van der Waals surface area contributed by atoms with Gasteiger partial charge in [0, 0.05) is 18.8 Å². The molecule has 2 atom stereocenters. The molecular formula is C23H24N2O2. The normalized spacial score (nSPS) is 19.6. The van der Waals surface area contributed by atoms with Crippen LogP contribution in [0.1, 0.15) is 24.3 Å². The van der Waals surface area contributed by atoms with Crippen molar-refractivity contribution in [2.75, 3.05) is 13.2 Å². The molecule has 4 nitrogen and oxygen atoms in total. The summed E-state index contributed by atoms with van der Waals surface area (Å²) in [6.07, 6.45) is 1.90. The van der Waals surface area contributed by atoms with Crippen molar-refractivity contribution in [2.45, 2.75) is 25.7 Å². The van der Waals surface area contributed by atoms with Gasteiger partial charge < -0.3 is 14.8 Å². The third-order valence-electron chi connectivity index (χ3n) is 4.86. The molecule has 1 aliphatic rings. The molecule has 4 heteroatoms. The van der Waals surface area contributed by atoms with Gasteiger partial charge in [-0.15, -0.1) is 0 Å². The summed E-state index contributed by atoms with van der Waals surface area (Å²) >= 11 is 0. The van der Waals surface area contributed by atoms with E-state index in [-0.39, 0.29) is 6.10 Å². The number of pyridine rings is 1. The lowest BCUT2D eigenvalue weighted by Gasteiger charge is -2.30. The number of benzene rings is 2. The van der Waals surface area contributed by atoms with Crippen molar-refractivity contribution in [3.63, 3.8) is 0 Å². The first kappa shape index (κ1) is 17.7. The molecule has 4 rings (SSSR count). The van der Waals surface area contributed by atoms with Crippen molar-refractivity contribution >= 4 is 0 Å². The summed E-state index contributed by atoms with van der Waals surface area (Å²) in [7, 11) is 0. The molecule has 1 saturated heterocycles. The van der Waals surface area contributed by atoms with E-state index < -0.39 is 0 Å². The highest BCUT2D eigenvalue weighted by molar-refractivity contribution is 5.64. The molecule has 2 heterocycles. The third kappa shape index (κ3) is 4.35. The Morgan fingerprint density at radius 3 is 2.41 bits per heavy atom. The molecule has 2 aromatic carbocycles. The number of hydrogen-bond donors (Lipinski definition) is 1. The lowest BCUT2D eigenvalue weighted by atomic mass is 9.98. The van der Waals surface area contributed by atoms with E-state index in [4.69, 9.17) is 9.47 Å². The lowest BCUT2D eigenvalue weighted by molar-refractivity contribution is -0.000215. The number of nitrogens with zero attached hydrogens (tertiary/aromatic N) is 1. The second kappa shape index (κ2) is 8.33. The fourth-order valence-corrected chi connectivity index (χ4v) is 3.36. The van der Waals surface area contributed by atoms with Crippen LogP contribution >= 0.6 is 0 Å². The van der Waals surface area contributed by atoms with Gasteiger partial charge in [-0.05, 0) is 47.9 Å². The van der Waals surface area contributed by atoms with Crippen molar-refractivity contribution < 1.29 is 9.47 Å². The van der Waals surface area contributed by atoms with Gasteiger partial charge in [-0.3, -0.25) is 4.98 Å². The van der Waals surface area contributed by atoms with Gasteiger partial charge in [-0.1, -0.05) is 42.5 Å². The summed E-state index contributed by atoms with van der Waals surface area (Å²) in [5.41, 5.74) is 4.49. The Balaban J connectivity index is 1.41. The Morgan fingerprint density at radius 2 is 1.74 bits per heavy atom. The first-order valence-electron chi connectivity index (χ1n) is 9.38. The topological polar surface area (TPSA) is 43.4 Å². The quantitative estimate of drug-likeness (QED) is 0.733. The zero-order valence-electron chi connectivity index (χ0n) is 15.5. The molecule has 0 saturated carbocycles. The molecule has 0 bridgehead atoms. The van der Waals surface area contributed by atoms with Crippen LogP contribution in [-0.4, -0.2) is 24.2 Å². The minimum atomic E-state index is 0.121. The molecule has 0 amide bonds. The maximum absolute atomic E-state index is 5.92. The SMILES string of the molecule is C[C@@H]1NCCO[C@H]1c1ccc(-c2ccc(OCc3ccccn3)cc2)cc1. The molecule has 1 aliphatic heterocycles. The van der Waals surface area contributed by atoms with Crippen LogP contribution in [0.15, 0.2) is 72.9 Å². The molecule has 0 aliphatic carbocycles. The van der Waals surface area contributed by atoms with Crippen LogP contribution in [0.5, 0.6) is 5.75 Å². The van der Waals surface area contributed by atoms with E-state index >= 15 is 0 Å². The minimum Gasteiger partial charge on any atom is -0.487 e. The van der Waals surface area contributed by atoms with Crippen molar-refractivity contribution in [3.05, 3.63) is 84.2 Å². The second-order valence-electron chi connectivity index (χ2n) is 6.79. The molecule has 0 unspecified atom stereocenters. The van der Waals surface area contributed by atoms with Gasteiger partial charge in [0.25, 0.3) is 0 Å². The largest absolute Gasteiger partial charge is 0.487 e. The smallest absolute Gasteiger partial charge is 0.130 e. The van der Waals surface area contributed by atoms with E-state index in [2.05, 4.69) is 53.6 Å². The molecule has 1 aromatic heterocycles. The highest BCUT2D eigenvalue weighted by Crippen LogP contribution is 2.28. The minimum absolute atomic E-state index is 0.121. The summed E-state index contributed by atoms with van der Waals surface area (Å²) in [6.45, 7) is 4.32. The van der Waals surface area contributed by atoms with Gasteiger partial charge in [0.05, 0.1) is 18.4 Å². The fraction of sp³-hybridized carbons (Fsp3) is 0.261. The molecule has 0 radical (unpaired) electrons. The first-order valence-corrected chi connectivity index (χ1v) is 9.38. The summed E-state index contributed by atoms with van der Waals surface area (Å²) in [5, 5.41) is 3.46. The van der Waals surface area contributed by atoms with Crippen LogP contribution in [0.3, 0.4) is 0 Å². The van der Waals surface area contributed by atoms with Crippen LogP contribution in [0, 0.1) is 0 Å². The summed E-state index contributed by atoms with van der Waals surface area (Å²) in [4.78, 5) is 4.27. The van der Waals surface area contributed by atoms with E-state index in [0.29, 0.717) is 12.6 Å². The zero-order chi connectivity index (χ0) is 18.5. The van der Waals surface area contributed by atoms with Crippen LogP contribution < -0.4 is 10.1 Å². The molecule has 0 spiro atoms. The van der Waals surface area contributed by atoms with E-state index in [1.165, 1.54) is 16.7 Å². The Morgan fingerprint density at radius 1 is 1.00 bits per heavy atom. The lowest BCUT2D eigenvalue weighted by Crippen LogP contribution is -2.41. The van der Waals surface area contributed by atoms with Gasteiger partial charge >= 0.3 is 0 Å². The standard InChI is InChI=1S/C23H24N2O2/c1-17-23(26-15-14-24-17)20-7-5-18(6-8-20)19-9-11-22(12-10-19)27-16-21-4-2-3-13-25-21/h2-13,17,23-24H,14-16H2,1H3/t17-,23+/m0/s1. The molecule has 138 valence electrons. The Bertz CT molecular complexity index is 848. The molecule has 1 N–H and O–H groups in total. The van der Waals surface area contributed by atoms with Crippen LogP contribution in [0.4, 0.5) is 0 Å². The van der Waals surface area contributed by atoms with Gasteiger partial charge in [0.2, 0.25) is 0 Å². The summed E-state index contributed by atoms with van der Waals surface area (Å²) in [5.74, 6) is 0.844. The highest BCUT2D eigenvalue weighted by atomic mass is 16.5. The number of hydrogen-bond acceptors (Lipinski definition) is 4. The third-order valence-corrected chi connectivity index (χ3v) is 4.86.